The Bertz CT molecular complexity index is 693. The van der Waals surface area contributed by atoms with Gasteiger partial charge in [-0.2, -0.15) is 5.10 Å². The van der Waals surface area contributed by atoms with Crippen LogP contribution in [0.15, 0.2) is 36.5 Å². The molecule has 0 bridgehead atoms. The highest BCUT2D eigenvalue weighted by Crippen LogP contribution is 2.18. The molecule has 2 heterocycles. The lowest BCUT2D eigenvalue weighted by atomic mass is 10.1. The van der Waals surface area contributed by atoms with Crippen molar-refractivity contribution >= 4 is 18.2 Å². The summed E-state index contributed by atoms with van der Waals surface area (Å²) in [6.07, 6.45) is 1.95. The largest absolute Gasteiger partial charge is 0.488 e. The minimum Gasteiger partial charge on any atom is -0.488 e. The molecule has 1 aliphatic heterocycles. The molecule has 2 N–H and O–H groups in total. The average molecular weight is 346 g/mol. The summed E-state index contributed by atoms with van der Waals surface area (Å²) in [5.74, 6) is 1.42. The van der Waals surface area contributed by atoms with Crippen LogP contribution in [-0.2, 0) is 16.6 Å². The van der Waals surface area contributed by atoms with Crippen molar-refractivity contribution in [3.05, 3.63) is 42.1 Å². The molecule has 0 aliphatic carbocycles. The summed E-state index contributed by atoms with van der Waals surface area (Å²) in [6, 6.07) is 9.80. The summed E-state index contributed by atoms with van der Waals surface area (Å²) < 4.78 is 7.51. The Morgan fingerprint density at radius 1 is 1.36 bits per heavy atom. The molecular weight excluding hydrogens is 324 g/mol. The van der Waals surface area contributed by atoms with Gasteiger partial charge >= 0.3 is 0 Å². The van der Waals surface area contributed by atoms with Crippen molar-refractivity contribution < 1.29 is 19.4 Å². The number of carbonyl (C=O) groups is 2. The van der Waals surface area contributed by atoms with Crippen molar-refractivity contribution in [1.29, 1.82) is 0 Å². The third-order valence-electron chi connectivity index (χ3n) is 3.60. The van der Waals surface area contributed by atoms with E-state index >= 15 is 0 Å². The van der Waals surface area contributed by atoms with Crippen molar-refractivity contribution in [2.24, 2.45) is 7.05 Å². The number of ether oxygens (including phenoxy) is 1. The van der Waals surface area contributed by atoms with E-state index in [1.54, 1.807) is 16.9 Å². The van der Waals surface area contributed by atoms with Crippen LogP contribution in [0.1, 0.15) is 5.56 Å². The normalized spacial score (nSPS) is 14.0. The van der Waals surface area contributed by atoms with Crippen LogP contribution >= 0.6 is 0 Å². The third kappa shape index (κ3) is 5.92. The number of nitrogens with zero attached hydrogens (tertiary/aromatic N) is 3. The fourth-order valence-electron chi connectivity index (χ4n) is 2.40. The summed E-state index contributed by atoms with van der Waals surface area (Å²) in [4.78, 5) is 22.3. The van der Waals surface area contributed by atoms with E-state index in [9.17, 15) is 4.79 Å². The Kier molecular flexibility index (Phi) is 6.53. The fourth-order valence-corrected chi connectivity index (χ4v) is 2.40. The quantitative estimate of drug-likeness (QED) is 0.788. The number of anilines is 1. The number of nitrogens with one attached hydrogen (secondary N) is 1. The standard InChI is InChI=1S/C16H20N4O2.CH2O2/c1-12-3-5-13(6-4-12)22-14-9-20(10-14)11-16(21)17-15-7-8-19(2)18-15;2-1-3/h3-8,14H,9-11H2,1-2H3,(H,17,18,21);1H,(H,2,3). The number of hydrogen-bond acceptors (Lipinski definition) is 5. The van der Waals surface area contributed by atoms with Crippen LogP contribution < -0.4 is 10.1 Å². The number of benzene rings is 1. The Labute approximate surface area is 146 Å². The van der Waals surface area contributed by atoms with E-state index in [-0.39, 0.29) is 18.5 Å². The van der Waals surface area contributed by atoms with Crippen LogP contribution in [0, 0.1) is 6.92 Å². The second-order valence-corrected chi connectivity index (χ2v) is 5.78. The van der Waals surface area contributed by atoms with Gasteiger partial charge in [-0.15, -0.1) is 0 Å². The molecule has 134 valence electrons. The molecule has 0 spiro atoms. The minimum atomic E-state index is -0.250. The number of rotatable bonds is 5. The highest BCUT2D eigenvalue weighted by atomic mass is 16.5. The highest BCUT2D eigenvalue weighted by Gasteiger charge is 2.29. The van der Waals surface area contributed by atoms with Gasteiger partial charge in [-0.05, 0) is 19.1 Å². The molecule has 25 heavy (non-hydrogen) atoms. The lowest BCUT2D eigenvalue weighted by Gasteiger charge is -2.38. The second kappa shape index (κ2) is 8.84. The zero-order valence-electron chi connectivity index (χ0n) is 14.3. The summed E-state index contributed by atoms with van der Waals surface area (Å²) in [7, 11) is 1.82. The summed E-state index contributed by atoms with van der Waals surface area (Å²) >= 11 is 0. The van der Waals surface area contributed by atoms with E-state index in [0.717, 1.165) is 18.8 Å². The van der Waals surface area contributed by atoms with Gasteiger partial charge in [0.2, 0.25) is 5.91 Å². The van der Waals surface area contributed by atoms with Crippen LogP contribution in [0.3, 0.4) is 0 Å². The Morgan fingerprint density at radius 2 is 2.00 bits per heavy atom. The topological polar surface area (TPSA) is 96.7 Å². The van der Waals surface area contributed by atoms with Crippen molar-refractivity contribution in [3.63, 3.8) is 0 Å². The second-order valence-electron chi connectivity index (χ2n) is 5.78. The van der Waals surface area contributed by atoms with Gasteiger partial charge in [0.1, 0.15) is 11.9 Å². The maximum atomic E-state index is 11.9. The number of hydrogen-bond donors (Lipinski definition) is 2. The Balaban J connectivity index is 0.000000701. The van der Waals surface area contributed by atoms with E-state index in [0.29, 0.717) is 12.4 Å². The number of aromatic nitrogens is 2. The maximum absolute atomic E-state index is 11.9. The molecule has 2 aromatic rings. The van der Waals surface area contributed by atoms with Crippen LogP contribution in [0.2, 0.25) is 0 Å². The highest BCUT2D eigenvalue weighted by molar-refractivity contribution is 5.91. The van der Waals surface area contributed by atoms with Crippen molar-refractivity contribution in [3.8, 4) is 5.75 Å². The third-order valence-corrected chi connectivity index (χ3v) is 3.60. The van der Waals surface area contributed by atoms with Gasteiger partial charge in [0.05, 0.1) is 6.54 Å². The van der Waals surface area contributed by atoms with Crippen LogP contribution in [0.25, 0.3) is 0 Å². The first-order valence-corrected chi connectivity index (χ1v) is 7.83. The Hall–Kier alpha value is -2.87. The molecule has 0 radical (unpaired) electrons. The molecule has 3 rings (SSSR count). The minimum absolute atomic E-state index is 0.0486. The van der Waals surface area contributed by atoms with Gasteiger partial charge in [-0.25, -0.2) is 0 Å². The van der Waals surface area contributed by atoms with Gasteiger partial charge in [-0.3, -0.25) is 19.2 Å². The zero-order chi connectivity index (χ0) is 18.2. The fraction of sp³-hybridized carbons (Fsp3) is 0.353. The van der Waals surface area contributed by atoms with E-state index in [4.69, 9.17) is 14.6 Å². The molecule has 8 nitrogen and oxygen atoms in total. The van der Waals surface area contributed by atoms with E-state index in [1.807, 2.05) is 31.3 Å². The Morgan fingerprint density at radius 3 is 2.56 bits per heavy atom. The monoisotopic (exact) mass is 346 g/mol. The molecule has 0 unspecified atom stereocenters. The van der Waals surface area contributed by atoms with E-state index in [2.05, 4.69) is 22.2 Å². The number of carbonyl (C=O) groups excluding carboxylic acids is 1. The predicted molar refractivity (Wildman–Crippen MR) is 92.6 cm³/mol. The van der Waals surface area contributed by atoms with Crippen molar-refractivity contribution in [2.75, 3.05) is 25.0 Å². The molecule has 1 aromatic heterocycles. The van der Waals surface area contributed by atoms with E-state index < -0.39 is 0 Å². The number of aryl methyl sites for hydroxylation is 2. The van der Waals surface area contributed by atoms with Crippen LogP contribution in [0.4, 0.5) is 5.82 Å². The van der Waals surface area contributed by atoms with Gasteiger partial charge in [0, 0.05) is 32.4 Å². The maximum Gasteiger partial charge on any atom is 0.290 e. The van der Waals surface area contributed by atoms with Crippen LogP contribution in [-0.4, -0.2) is 57.9 Å². The molecule has 8 heteroatoms. The van der Waals surface area contributed by atoms with Gasteiger partial charge in [0.25, 0.3) is 6.47 Å². The lowest BCUT2D eigenvalue weighted by Crippen LogP contribution is -2.55. The van der Waals surface area contributed by atoms with Crippen molar-refractivity contribution in [2.45, 2.75) is 13.0 Å². The molecule has 1 aliphatic rings. The number of amides is 1. The average Bonchev–Trinajstić information content (AvgIpc) is 2.93. The first-order valence-electron chi connectivity index (χ1n) is 7.83. The zero-order valence-corrected chi connectivity index (χ0v) is 14.3. The molecule has 1 saturated heterocycles. The summed E-state index contributed by atoms with van der Waals surface area (Å²) in [6.45, 7) is 3.70. The summed E-state index contributed by atoms with van der Waals surface area (Å²) in [5.41, 5.74) is 1.22. The SMILES string of the molecule is Cc1ccc(OC2CN(CC(=O)Nc3ccn(C)n3)C2)cc1.O=CO. The molecular formula is C17H22N4O4. The molecule has 0 saturated carbocycles. The molecule has 1 fully saturated rings. The van der Waals surface area contributed by atoms with Crippen molar-refractivity contribution in [1.82, 2.24) is 14.7 Å². The molecule has 1 amide bonds. The predicted octanol–water partition coefficient (Wildman–Crippen LogP) is 1.13. The first kappa shape index (κ1) is 18.5. The number of carboxylic acid groups (broad SMARTS) is 1. The lowest BCUT2D eigenvalue weighted by molar-refractivity contribution is -0.123. The molecule has 0 atom stereocenters. The summed E-state index contributed by atoms with van der Waals surface area (Å²) in [5, 5.41) is 13.8. The van der Waals surface area contributed by atoms with Gasteiger partial charge < -0.3 is 15.2 Å². The van der Waals surface area contributed by atoms with E-state index in [1.165, 1.54) is 5.56 Å². The molecule has 1 aromatic carbocycles. The first-order chi connectivity index (χ1) is 12.0. The smallest absolute Gasteiger partial charge is 0.290 e. The van der Waals surface area contributed by atoms with Gasteiger partial charge in [0.15, 0.2) is 5.82 Å². The van der Waals surface area contributed by atoms with Crippen LogP contribution in [0.5, 0.6) is 5.75 Å². The van der Waals surface area contributed by atoms with Gasteiger partial charge in [-0.1, -0.05) is 17.7 Å². The number of likely N-dealkylation sites (tertiary alicyclic amines) is 1.